The van der Waals surface area contributed by atoms with Crippen molar-refractivity contribution in [2.45, 2.75) is 6.18 Å². The van der Waals surface area contributed by atoms with Crippen LogP contribution in [0.5, 0.6) is 16.7 Å². The molecule has 0 unspecified atom stereocenters. The van der Waals surface area contributed by atoms with Crippen molar-refractivity contribution in [1.29, 1.82) is 5.26 Å². The van der Waals surface area contributed by atoms with Gasteiger partial charge in [0.2, 0.25) is 0 Å². The fourth-order valence-corrected chi connectivity index (χ4v) is 2.04. The molecule has 1 aromatic carbocycles. The molecule has 0 amide bonds. The Morgan fingerprint density at radius 2 is 2.05 bits per heavy atom. The molecule has 104 valence electrons. The third-order valence-electron chi connectivity index (χ3n) is 2.26. The lowest BCUT2D eigenvalue weighted by Gasteiger charge is -2.08. The Morgan fingerprint density at radius 3 is 2.60 bits per heavy atom. The molecule has 0 radical (unpaired) electrons. The van der Waals surface area contributed by atoms with E-state index in [1.54, 1.807) is 0 Å². The SMILES string of the molecule is COc1cc(C#N)ccc1Oc1nc(C(F)(F)F)cs1. The van der Waals surface area contributed by atoms with Crippen LogP contribution in [0.15, 0.2) is 23.6 Å². The number of alkyl halides is 3. The van der Waals surface area contributed by atoms with Crippen LogP contribution in [-0.4, -0.2) is 12.1 Å². The summed E-state index contributed by atoms with van der Waals surface area (Å²) >= 11 is 0.726. The van der Waals surface area contributed by atoms with E-state index in [-0.39, 0.29) is 16.7 Å². The van der Waals surface area contributed by atoms with Crippen molar-refractivity contribution in [3.05, 3.63) is 34.8 Å². The van der Waals surface area contributed by atoms with Gasteiger partial charge in [-0.15, -0.1) is 0 Å². The number of thiazole rings is 1. The Bertz CT molecular complexity index is 661. The summed E-state index contributed by atoms with van der Waals surface area (Å²) in [6.07, 6.45) is -4.51. The predicted octanol–water partition coefficient (Wildman–Crippen LogP) is 3.83. The number of ether oxygens (including phenoxy) is 2. The van der Waals surface area contributed by atoms with Gasteiger partial charge in [-0.1, -0.05) is 11.3 Å². The average molecular weight is 300 g/mol. The lowest BCUT2D eigenvalue weighted by molar-refractivity contribution is -0.140. The summed E-state index contributed by atoms with van der Waals surface area (Å²) in [4.78, 5) is 3.35. The molecule has 1 aromatic heterocycles. The van der Waals surface area contributed by atoms with E-state index in [0.29, 0.717) is 5.56 Å². The number of halogens is 3. The average Bonchev–Trinajstić information content (AvgIpc) is 2.87. The van der Waals surface area contributed by atoms with E-state index in [0.717, 1.165) is 16.7 Å². The summed E-state index contributed by atoms with van der Waals surface area (Å²) in [6, 6.07) is 6.25. The number of nitriles is 1. The summed E-state index contributed by atoms with van der Waals surface area (Å²) in [5, 5.41) is 9.46. The van der Waals surface area contributed by atoms with E-state index in [4.69, 9.17) is 14.7 Å². The molecule has 0 N–H and O–H groups in total. The smallest absolute Gasteiger partial charge is 0.434 e. The van der Waals surface area contributed by atoms with Crippen molar-refractivity contribution in [1.82, 2.24) is 4.98 Å². The van der Waals surface area contributed by atoms with E-state index in [9.17, 15) is 13.2 Å². The molecule has 4 nitrogen and oxygen atoms in total. The van der Waals surface area contributed by atoms with Crippen LogP contribution in [0.3, 0.4) is 0 Å². The molecular weight excluding hydrogens is 293 g/mol. The highest BCUT2D eigenvalue weighted by molar-refractivity contribution is 7.11. The van der Waals surface area contributed by atoms with E-state index < -0.39 is 11.9 Å². The molecule has 0 aliphatic rings. The molecule has 2 rings (SSSR count). The molecule has 2 aromatic rings. The van der Waals surface area contributed by atoms with Gasteiger partial charge in [0.15, 0.2) is 17.2 Å². The maximum Gasteiger partial charge on any atom is 0.434 e. The van der Waals surface area contributed by atoms with Gasteiger partial charge in [0.1, 0.15) is 0 Å². The molecule has 0 aliphatic carbocycles. The topological polar surface area (TPSA) is 55.1 Å². The van der Waals surface area contributed by atoms with Crippen molar-refractivity contribution < 1.29 is 22.6 Å². The Balaban J connectivity index is 2.26. The summed E-state index contributed by atoms with van der Waals surface area (Å²) in [7, 11) is 1.37. The number of hydrogen-bond donors (Lipinski definition) is 0. The first kappa shape index (κ1) is 14.1. The first-order valence-corrected chi connectivity index (χ1v) is 6.10. The van der Waals surface area contributed by atoms with Gasteiger partial charge >= 0.3 is 6.18 Å². The van der Waals surface area contributed by atoms with E-state index >= 15 is 0 Å². The summed E-state index contributed by atoms with van der Waals surface area (Å²) in [5.41, 5.74) is -0.658. The normalized spacial score (nSPS) is 10.9. The van der Waals surface area contributed by atoms with Crippen LogP contribution in [0, 0.1) is 11.3 Å². The minimum Gasteiger partial charge on any atom is -0.493 e. The van der Waals surface area contributed by atoms with Crippen LogP contribution in [-0.2, 0) is 6.18 Å². The fraction of sp³-hybridized carbons (Fsp3) is 0.167. The van der Waals surface area contributed by atoms with Crippen LogP contribution in [0.2, 0.25) is 0 Å². The molecule has 0 saturated heterocycles. The zero-order valence-corrected chi connectivity index (χ0v) is 10.9. The molecule has 0 aliphatic heterocycles. The first-order chi connectivity index (χ1) is 9.44. The summed E-state index contributed by atoms with van der Waals surface area (Å²) in [6.45, 7) is 0. The van der Waals surface area contributed by atoms with Gasteiger partial charge in [-0.25, -0.2) is 0 Å². The maximum atomic E-state index is 12.4. The van der Waals surface area contributed by atoms with Crippen LogP contribution in [0.1, 0.15) is 11.3 Å². The number of rotatable bonds is 3. The third-order valence-corrected chi connectivity index (χ3v) is 2.98. The number of aromatic nitrogens is 1. The van der Waals surface area contributed by atoms with Crippen LogP contribution in [0.4, 0.5) is 13.2 Å². The van der Waals surface area contributed by atoms with Crippen molar-refractivity contribution >= 4 is 11.3 Å². The minimum atomic E-state index is -4.51. The van der Waals surface area contributed by atoms with Gasteiger partial charge in [-0.2, -0.15) is 23.4 Å². The van der Waals surface area contributed by atoms with Gasteiger partial charge in [-0.05, 0) is 12.1 Å². The molecular formula is C12H7F3N2O2S. The monoisotopic (exact) mass is 300 g/mol. The Labute approximate surface area is 116 Å². The number of benzene rings is 1. The second-order valence-corrected chi connectivity index (χ2v) is 4.40. The highest BCUT2D eigenvalue weighted by Crippen LogP contribution is 2.37. The van der Waals surface area contributed by atoms with E-state index in [2.05, 4.69) is 4.98 Å². The third kappa shape index (κ3) is 3.00. The molecule has 1 heterocycles. The van der Waals surface area contributed by atoms with Gasteiger partial charge in [0, 0.05) is 11.4 Å². The molecule has 8 heteroatoms. The van der Waals surface area contributed by atoms with Crippen molar-refractivity contribution in [2.24, 2.45) is 0 Å². The second-order valence-electron chi connectivity index (χ2n) is 3.58. The standard InChI is InChI=1S/C12H7F3N2O2S/c1-18-9-4-7(5-16)2-3-8(9)19-11-17-10(6-20-11)12(13,14)15/h2-4,6H,1H3. The maximum absolute atomic E-state index is 12.4. The summed E-state index contributed by atoms with van der Waals surface area (Å²) < 4.78 is 47.5. The van der Waals surface area contributed by atoms with Gasteiger partial charge in [-0.3, -0.25) is 0 Å². The lowest BCUT2D eigenvalue weighted by Crippen LogP contribution is -2.04. The molecule has 0 spiro atoms. The lowest BCUT2D eigenvalue weighted by atomic mass is 10.2. The zero-order chi connectivity index (χ0) is 14.8. The quantitative estimate of drug-likeness (QED) is 0.864. The molecule has 20 heavy (non-hydrogen) atoms. The van der Waals surface area contributed by atoms with Crippen molar-refractivity contribution in [2.75, 3.05) is 7.11 Å². The largest absolute Gasteiger partial charge is 0.493 e. The highest BCUT2D eigenvalue weighted by Gasteiger charge is 2.34. The molecule has 0 saturated carbocycles. The number of nitrogens with zero attached hydrogens (tertiary/aromatic N) is 2. The Hall–Kier alpha value is -2.27. The van der Waals surface area contributed by atoms with Crippen molar-refractivity contribution in [3.63, 3.8) is 0 Å². The summed E-state index contributed by atoms with van der Waals surface area (Å²) in [5.74, 6) is 0.433. The fourth-order valence-electron chi connectivity index (χ4n) is 1.35. The van der Waals surface area contributed by atoms with Gasteiger partial charge in [0.25, 0.3) is 5.19 Å². The van der Waals surface area contributed by atoms with Crippen molar-refractivity contribution in [3.8, 4) is 22.8 Å². The van der Waals surface area contributed by atoms with Crippen LogP contribution >= 0.6 is 11.3 Å². The van der Waals surface area contributed by atoms with Crippen LogP contribution in [0.25, 0.3) is 0 Å². The molecule has 0 bridgehead atoms. The first-order valence-electron chi connectivity index (χ1n) is 5.22. The van der Waals surface area contributed by atoms with Crippen LogP contribution < -0.4 is 9.47 Å². The molecule has 0 fully saturated rings. The Kier molecular flexibility index (Phi) is 3.81. The van der Waals surface area contributed by atoms with Gasteiger partial charge in [0.05, 0.1) is 18.7 Å². The number of methoxy groups -OCH3 is 1. The number of hydrogen-bond acceptors (Lipinski definition) is 5. The molecule has 0 atom stereocenters. The van der Waals surface area contributed by atoms with Gasteiger partial charge < -0.3 is 9.47 Å². The highest BCUT2D eigenvalue weighted by atomic mass is 32.1. The predicted molar refractivity (Wildman–Crippen MR) is 64.9 cm³/mol. The minimum absolute atomic E-state index is 0.152. The Morgan fingerprint density at radius 1 is 1.30 bits per heavy atom. The zero-order valence-electron chi connectivity index (χ0n) is 10.1. The second kappa shape index (κ2) is 5.38. The van der Waals surface area contributed by atoms with E-state index in [1.165, 1.54) is 25.3 Å². The van der Waals surface area contributed by atoms with E-state index in [1.807, 2.05) is 6.07 Å².